The van der Waals surface area contributed by atoms with Gasteiger partial charge in [-0.2, -0.15) is 0 Å². The van der Waals surface area contributed by atoms with Crippen molar-refractivity contribution in [3.05, 3.63) is 65.9 Å². The molecule has 1 atom stereocenters. The first-order valence-corrected chi connectivity index (χ1v) is 10.0. The van der Waals surface area contributed by atoms with Crippen LogP contribution >= 0.6 is 0 Å². The summed E-state index contributed by atoms with van der Waals surface area (Å²) in [7, 11) is 0. The van der Waals surface area contributed by atoms with E-state index >= 15 is 0 Å². The molecule has 29 heavy (non-hydrogen) atoms. The highest BCUT2D eigenvalue weighted by Crippen LogP contribution is 2.32. The van der Waals surface area contributed by atoms with Gasteiger partial charge >= 0.3 is 0 Å². The molecule has 1 fully saturated rings. The Bertz CT molecular complexity index is 1090. The van der Waals surface area contributed by atoms with Crippen molar-refractivity contribution in [3.63, 3.8) is 0 Å². The molecule has 1 unspecified atom stereocenters. The number of piperidine rings is 1. The summed E-state index contributed by atoms with van der Waals surface area (Å²) >= 11 is 0. The second-order valence-electron chi connectivity index (χ2n) is 7.92. The number of aromatic nitrogens is 1. The predicted molar refractivity (Wildman–Crippen MR) is 110 cm³/mol. The molecule has 3 heterocycles. The Labute approximate surface area is 168 Å². The minimum atomic E-state index is -0.587. The highest BCUT2D eigenvalue weighted by atomic mass is 16.5. The minimum Gasteiger partial charge on any atom is -0.483 e. The van der Waals surface area contributed by atoms with Gasteiger partial charge in [0.05, 0.1) is 25.1 Å². The summed E-state index contributed by atoms with van der Waals surface area (Å²) in [5.41, 5.74) is 2.00. The monoisotopic (exact) mass is 389 g/mol. The number of para-hydroxylation sites is 2. The molecular weight excluding hydrogens is 366 g/mol. The van der Waals surface area contributed by atoms with E-state index in [2.05, 4.69) is 10.3 Å². The van der Waals surface area contributed by atoms with Crippen molar-refractivity contribution in [2.24, 2.45) is 0 Å². The number of rotatable bonds is 2. The molecule has 2 aliphatic rings. The number of ether oxygens (including phenoxy) is 1. The van der Waals surface area contributed by atoms with Crippen LogP contribution in [0.25, 0.3) is 10.9 Å². The maximum atomic E-state index is 13.1. The van der Waals surface area contributed by atoms with E-state index in [1.165, 1.54) is 0 Å². The molecule has 1 aromatic heterocycles. The first-order valence-electron chi connectivity index (χ1n) is 10.0. The van der Waals surface area contributed by atoms with Crippen LogP contribution < -0.4 is 10.1 Å². The Balaban J connectivity index is 1.36. The van der Waals surface area contributed by atoms with Gasteiger partial charge in [0.15, 0.2) is 0 Å². The summed E-state index contributed by atoms with van der Waals surface area (Å²) in [5.74, 6) is 0.550. The molecule has 2 aliphatic heterocycles. The van der Waals surface area contributed by atoms with Gasteiger partial charge in [0.2, 0.25) is 5.91 Å². The smallest absolute Gasteiger partial charge is 0.255 e. The molecule has 5 rings (SSSR count). The number of nitrogens with zero attached hydrogens (tertiary/aromatic N) is 1. The molecule has 1 saturated heterocycles. The average molecular weight is 389 g/mol. The fourth-order valence-corrected chi connectivity index (χ4v) is 4.44. The highest BCUT2D eigenvalue weighted by molar-refractivity contribution is 5.97. The SMILES string of the molecule is O=C1NCC2(CCCN(C(=O)Cc3c[nH]c4ccccc34)C2)Oc2ccccc21. The number of hydrogen-bond donors (Lipinski definition) is 2. The van der Waals surface area contributed by atoms with Gasteiger partial charge < -0.3 is 19.9 Å². The Morgan fingerprint density at radius 2 is 1.97 bits per heavy atom. The lowest BCUT2D eigenvalue weighted by Gasteiger charge is -2.42. The summed E-state index contributed by atoms with van der Waals surface area (Å²) in [5, 5.41) is 4.07. The van der Waals surface area contributed by atoms with Crippen molar-refractivity contribution in [2.75, 3.05) is 19.6 Å². The second-order valence-corrected chi connectivity index (χ2v) is 7.92. The lowest BCUT2D eigenvalue weighted by molar-refractivity contribution is -0.136. The average Bonchev–Trinajstić information content (AvgIpc) is 3.09. The van der Waals surface area contributed by atoms with Crippen LogP contribution in [0.15, 0.2) is 54.7 Å². The van der Waals surface area contributed by atoms with Crippen molar-refractivity contribution in [3.8, 4) is 5.75 Å². The number of hydrogen-bond acceptors (Lipinski definition) is 3. The van der Waals surface area contributed by atoms with Crippen molar-refractivity contribution < 1.29 is 14.3 Å². The summed E-state index contributed by atoms with van der Waals surface area (Å²) in [4.78, 5) is 30.6. The maximum Gasteiger partial charge on any atom is 0.255 e. The Morgan fingerprint density at radius 1 is 1.14 bits per heavy atom. The quantitative estimate of drug-likeness (QED) is 0.708. The molecule has 2 aromatic carbocycles. The number of carbonyl (C=O) groups excluding carboxylic acids is 2. The van der Waals surface area contributed by atoms with Crippen molar-refractivity contribution in [1.82, 2.24) is 15.2 Å². The minimum absolute atomic E-state index is 0.0845. The zero-order valence-corrected chi connectivity index (χ0v) is 16.1. The standard InChI is InChI=1S/C23H23N3O3/c27-21(12-16-13-24-19-8-3-1-6-17(16)19)26-11-5-10-23(15-26)14-25-22(28)18-7-2-4-9-20(18)29-23/h1-4,6-9,13,24H,5,10-12,14-15H2,(H,25,28). The van der Waals surface area contributed by atoms with E-state index in [0.29, 0.717) is 37.4 Å². The molecule has 1 spiro atoms. The van der Waals surface area contributed by atoms with Gasteiger partial charge in [0.1, 0.15) is 11.4 Å². The van der Waals surface area contributed by atoms with Crippen LogP contribution in [0.4, 0.5) is 0 Å². The van der Waals surface area contributed by atoms with E-state index in [1.807, 2.05) is 53.6 Å². The predicted octanol–water partition coefficient (Wildman–Crippen LogP) is 2.89. The molecule has 2 amide bonds. The first kappa shape index (κ1) is 17.8. The van der Waals surface area contributed by atoms with Crippen LogP contribution in [0.1, 0.15) is 28.8 Å². The third-order valence-electron chi connectivity index (χ3n) is 5.94. The maximum absolute atomic E-state index is 13.1. The third-order valence-corrected chi connectivity index (χ3v) is 5.94. The molecule has 6 nitrogen and oxygen atoms in total. The number of likely N-dealkylation sites (tertiary alicyclic amines) is 1. The summed E-state index contributed by atoms with van der Waals surface area (Å²) in [6.07, 6.45) is 3.92. The molecule has 0 saturated carbocycles. The second kappa shape index (κ2) is 6.95. The number of aromatic amines is 1. The van der Waals surface area contributed by atoms with Gasteiger partial charge in [0, 0.05) is 23.6 Å². The normalized spacial score (nSPS) is 21.4. The number of fused-ring (bicyclic) bond motifs is 2. The topological polar surface area (TPSA) is 74.4 Å². The van der Waals surface area contributed by atoms with E-state index < -0.39 is 5.60 Å². The zero-order chi connectivity index (χ0) is 19.8. The molecule has 0 aliphatic carbocycles. The van der Waals surface area contributed by atoms with Crippen LogP contribution in [0.2, 0.25) is 0 Å². The van der Waals surface area contributed by atoms with Crippen LogP contribution in [0, 0.1) is 0 Å². The van der Waals surface area contributed by atoms with Gasteiger partial charge in [-0.1, -0.05) is 30.3 Å². The molecule has 0 bridgehead atoms. The van der Waals surface area contributed by atoms with Gasteiger partial charge in [-0.3, -0.25) is 9.59 Å². The van der Waals surface area contributed by atoms with E-state index in [0.717, 1.165) is 29.3 Å². The summed E-state index contributed by atoms with van der Waals surface area (Å²) < 4.78 is 6.36. The molecule has 148 valence electrons. The largest absolute Gasteiger partial charge is 0.483 e. The van der Waals surface area contributed by atoms with Crippen LogP contribution in [-0.2, 0) is 11.2 Å². The van der Waals surface area contributed by atoms with Crippen molar-refractivity contribution in [2.45, 2.75) is 24.9 Å². The number of carbonyl (C=O) groups is 2. The number of benzene rings is 2. The molecular formula is C23H23N3O3. The van der Waals surface area contributed by atoms with Crippen LogP contribution in [0.5, 0.6) is 5.75 Å². The molecule has 6 heteroatoms. The first-order chi connectivity index (χ1) is 14.1. The third kappa shape index (κ3) is 3.24. The van der Waals surface area contributed by atoms with Crippen molar-refractivity contribution >= 4 is 22.7 Å². The van der Waals surface area contributed by atoms with Crippen LogP contribution in [0.3, 0.4) is 0 Å². The fourth-order valence-electron chi connectivity index (χ4n) is 4.44. The Morgan fingerprint density at radius 3 is 2.90 bits per heavy atom. The fraction of sp³-hybridized carbons (Fsp3) is 0.304. The Hall–Kier alpha value is -3.28. The zero-order valence-electron chi connectivity index (χ0n) is 16.1. The van der Waals surface area contributed by atoms with E-state index in [-0.39, 0.29) is 11.8 Å². The van der Waals surface area contributed by atoms with E-state index in [4.69, 9.17) is 4.74 Å². The van der Waals surface area contributed by atoms with Crippen molar-refractivity contribution in [1.29, 1.82) is 0 Å². The van der Waals surface area contributed by atoms with Gasteiger partial charge in [-0.05, 0) is 36.6 Å². The molecule has 2 N–H and O–H groups in total. The van der Waals surface area contributed by atoms with Gasteiger partial charge in [-0.15, -0.1) is 0 Å². The van der Waals surface area contributed by atoms with Gasteiger partial charge in [0.25, 0.3) is 5.91 Å². The number of nitrogens with one attached hydrogen (secondary N) is 2. The van der Waals surface area contributed by atoms with Gasteiger partial charge in [-0.25, -0.2) is 0 Å². The highest BCUT2D eigenvalue weighted by Gasteiger charge is 2.42. The lowest BCUT2D eigenvalue weighted by atomic mass is 9.91. The Kier molecular flexibility index (Phi) is 4.27. The van der Waals surface area contributed by atoms with Crippen LogP contribution in [-0.4, -0.2) is 46.9 Å². The summed E-state index contributed by atoms with van der Waals surface area (Å²) in [6.45, 7) is 1.59. The number of H-pyrrole nitrogens is 1. The number of amides is 2. The lowest BCUT2D eigenvalue weighted by Crippen LogP contribution is -2.58. The summed E-state index contributed by atoms with van der Waals surface area (Å²) in [6, 6.07) is 15.3. The molecule has 0 radical (unpaired) electrons. The molecule has 3 aromatic rings. The van der Waals surface area contributed by atoms with E-state index in [9.17, 15) is 9.59 Å². The van der Waals surface area contributed by atoms with E-state index in [1.54, 1.807) is 6.07 Å².